The molecule has 9 heteroatoms. The second-order valence-electron chi connectivity index (χ2n) is 6.07. The number of nitrogens with zero attached hydrogens (tertiary/aromatic N) is 1. The molecule has 1 aliphatic heterocycles. The molecule has 2 aromatic rings. The van der Waals surface area contributed by atoms with Gasteiger partial charge in [-0.05, 0) is 41.8 Å². The minimum Gasteiger partial charge on any atom is -0.493 e. The Hall–Kier alpha value is -2.97. The van der Waals surface area contributed by atoms with E-state index in [0.29, 0.717) is 30.5 Å². The van der Waals surface area contributed by atoms with Gasteiger partial charge in [-0.3, -0.25) is 9.59 Å². The molecule has 3 rings (SSSR count). The molecule has 0 atom stereocenters. The first-order valence-corrected chi connectivity index (χ1v) is 8.08. The molecule has 2 heterocycles. The zero-order chi connectivity index (χ0) is 19.8. The summed E-state index contributed by atoms with van der Waals surface area (Å²) in [6.07, 6.45) is -4.15. The van der Waals surface area contributed by atoms with Crippen molar-refractivity contribution >= 4 is 5.91 Å². The highest BCUT2D eigenvalue weighted by Crippen LogP contribution is 2.33. The largest absolute Gasteiger partial charge is 0.493 e. The number of carbonyl (C=O) groups is 1. The lowest BCUT2D eigenvalue weighted by atomic mass is 9.98. The number of benzene rings is 1. The molecule has 1 N–H and O–H groups in total. The van der Waals surface area contributed by atoms with E-state index in [2.05, 4.69) is 0 Å². The van der Waals surface area contributed by atoms with Gasteiger partial charge in [0.1, 0.15) is 11.3 Å². The summed E-state index contributed by atoms with van der Waals surface area (Å²) in [5.41, 5.74) is -0.765. The number of pyridine rings is 1. The number of aromatic amines is 1. The second-order valence-corrected chi connectivity index (χ2v) is 6.07. The number of aromatic nitrogens is 1. The number of ether oxygens (including phenoxy) is 2. The van der Waals surface area contributed by atoms with Gasteiger partial charge < -0.3 is 19.4 Å². The van der Waals surface area contributed by atoms with Crippen LogP contribution in [0.2, 0.25) is 0 Å². The molecule has 0 unspecified atom stereocenters. The minimum absolute atomic E-state index is 0.217. The van der Waals surface area contributed by atoms with Crippen molar-refractivity contribution in [3.8, 4) is 11.5 Å². The van der Waals surface area contributed by atoms with E-state index in [9.17, 15) is 22.8 Å². The van der Waals surface area contributed by atoms with Crippen molar-refractivity contribution in [1.82, 2.24) is 9.88 Å². The molecule has 0 fully saturated rings. The highest BCUT2D eigenvalue weighted by Gasteiger charge is 2.33. The Morgan fingerprint density at radius 1 is 1.11 bits per heavy atom. The Kier molecular flexibility index (Phi) is 4.86. The summed E-state index contributed by atoms with van der Waals surface area (Å²) in [6.45, 7) is 0.552. The number of alkyl halides is 3. The third-order valence-electron chi connectivity index (χ3n) is 4.45. The molecule has 0 saturated carbocycles. The van der Waals surface area contributed by atoms with E-state index >= 15 is 0 Å². The lowest BCUT2D eigenvalue weighted by Crippen LogP contribution is -2.38. The number of carbonyl (C=O) groups excluding carboxylic acids is 1. The van der Waals surface area contributed by atoms with Gasteiger partial charge in [-0.1, -0.05) is 0 Å². The highest BCUT2D eigenvalue weighted by molar-refractivity contribution is 5.94. The van der Waals surface area contributed by atoms with Crippen LogP contribution in [-0.4, -0.2) is 36.6 Å². The molecule has 0 radical (unpaired) electrons. The molecule has 0 bridgehead atoms. The fraction of sp³-hybridized carbons (Fsp3) is 0.333. The second kappa shape index (κ2) is 6.98. The average molecular weight is 382 g/mol. The maximum absolute atomic E-state index is 12.7. The fourth-order valence-corrected chi connectivity index (χ4v) is 3.03. The van der Waals surface area contributed by atoms with Crippen LogP contribution in [0.15, 0.2) is 29.1 Å². The molecule has 1 aromatic carbocycles. The smallest absolute Gasteiger partial charge is 0.431 e. The lowest BCUT2D eigenvalue weighted by Gasteiger charge is -2.29. The van der Waals surface area contributed by atoms with E-state index in [4.69, 9.17) is 9.47 Å². The van der Waals surface area contributed by atoms with E-state index < -0.39 is 23.3 Å². The Bertz CT molecular complexity index is 937. The maximum atomic E-state index is 12.7. The number of H-pyrrole nitrogens is 1. The van der Waals surface area contributed by atoms with Crippen molar-refractivity contribution in [3.63, 3.8) is 0 Å². The summed E-state index contributed by atoms with van der Waals surface area (Å²) >= 11 is 0. The third kappa shape index (κ3) is 3.62. The quantitative estimate of drug-likeness (QED) is 0.886. The van der Waals surface area contributed by atoms with E-state index in [0.717, 1.165) is 17.2 Å². The zero-order valence-corrected chi connectivity index (χ0v) is 14.6. The first kappa shape index (κ1) is 18.8. The van der Waals surface area contributed by atoms with Crippen molar-refractivity contribution in [1.29, 1.82) is 0 Å². The van der Waals surface area contributed by atoms with Gasteiger partial charge in [0, 0.05) is 13.1 Å². The average Bonchev–Trinajstić information content (AvgIpc) is 2.65. The normalized spacial score (nSPS) is 13.9. The standard InChI is InChI=1S/C18H17F3N2O4/c1-26-13-7-10-5-6-23(9-11(10)8-14(13)27-2)17(25)12-3-4-15(18(19,20)21)22-16(12)24/h3-4,7-8H,5-6,9H2,1-2H3,(H,22,24). The van der Waals surface area contributed by atoms with Gasteiger partial charge in [-0.25, -0.2) is 0 Å². The Morgan fingerprint density at radius 2 is 1.74 bits per heavy atom. The van der Waals surface area contributed by atoms with Gasteiger partial charge in [0.15, 0.2) is 11.5 Å². The van der Waals surface area contributed by atoms with Crippen LogP contribution in [0.4, 0.5) is 13.2 Å². The molecular weight excluding hydrogens is 365 g/mol. The van der Waals surface area contributed by atoms with Crippen LogP contribution in [0.1, 0.15) is 27.2 Å². The number of nitrogens with one attached hydrogen (secondary N) is 1. The Labute approximate surface area is 152 Å². The van der Waals surface area contributed by atoms with E-state index in [-0.39, 0.29) is 12.1 Å². The summed E-state index contributed by atoms with van der Waals surface area (Å²) in [6, 6.07) is 5.19. The molecule has 1 aliphatic rings. The van der Waals surface area contributed by atoms with Crippen molar-refractivity contribution in [2.75, 3.05) is 20.8 Å². The predicted octanol–water partition coefficient (Wildman–Crippen LogP) is 2.61. The minimum atomic E-state index is -4.68. The molecule has 1 amide bonds. The molecule has 1 aromatic heterocycles. The van der Waals surface area contributed by atoms with E-state index in [1.165, 1.54) is 19.1 Å². The van der Waals surface area contributed by atoms with Crippen molar-refractivity contribution in [2.24, 2.45) is 0 Å². The van der Waals surface area contributed by atoms with Gasteiger partial charge in [-0.15, -0.1) is 0 Å². The summed E-state index contributed by atoms with van der Waals surface area (Å²) in [5, 5.41) is 0. The highest BCUT2D eigenvalue weighted by atomic mass is 19.4. The maximum Gasteiger partial charge on any atom is 0.431 e. The van der Waals surface area contributed by atoms with Crippen LogP contribution in [0.5, 0.6) is 11.5 Å². The number of halogens is 3. The number of rotatable bonds is 3. The first-order chi connectivity index (χ1) is 12.7. The van der Waals surface area contributed by atoms with Crippen LogP contribution >= 0.6 is 0 Å². The van der Waals surface area contributed by atoms with Gasteiger partial charge >= 0.3 is 6.18 Å². The van der Waals surface area contributed by atoms with Gasteiger partial charge in [-0.2, -0.15) is 13.2 Å². The molecular formula is C18H17F3N2O4. The zero-order valence-electron chi connectivity index (χ0n) is 14.6. The summed E-state index contributed by atoms with van der Waals surface area (Å²) in [4.78, 5) is 27.7. The summed E-state index contributed by atoms with van der Waals surface area (Å²) in [7, 11) is 3.03. The molecule has 27 heavy (non-hydrogen) atoms. The molecule has 0 aliphatic carbocycles. The molecule has 6 nitrogen and oxygen atoms in total. The molecule has 0 saturated heterocycles. The van der Waals surface area contributed by atoms with Crippen molar-refractivity contribution < 1.29 is 27.4 Å². The van der Waals surface area contributed by atoms with Crippen LogP contribution in [0.3, 0.4) is 0 Å². The SMILES string of the molecule is COc1cc2c(cc1OC)CN(C(=O)c1ccc(C(F)(F)F)[nH]c1=O)CC2. The number of methoxy groups -OCH3 is 2. The van der Waals surface area contributed by atoms with Crippen molar-refractivity contribution in [2.45, 2.75) is 19.1 Å². The molecule has 0 spiro atoms. The van der Waals surface area contributed by atoms with Gasteiger partial charge in [0.2, 0.25) is 0 Å². The molecule has 144 valence electrons. The van der Waals surface area contributed by atoms with Crippen LogP contribution in [0, 0.1) is 0 Å². The van der Waals surface area contributed by atoms with Gasteiger partial charge in [0.05, 0.1) is 14.2 Å². The fourth-order valence-electron chi connectivity index (χ4n) is 3.03. The lowest BCUT2D eigenvalue weighted by molar-refractivity contribution is -0.141. The Morgan fingerprint density at radius 3 is 2.30 bits per heavy atom. The number of hydrogen-bond acceptors (Lipinski definition) is 4. The van der Waals surface area contributed by atoms with Gasteiger partial charge in [0.25, 0.3) is 11.5 Å². The van der Waals surface area contributed by atoms with Crippen LogP contribution in [-0.2, 0) is 19.1 Å². The van der Waals surface area contributed by atoms with E-state index in [1.807, 2.05) is 6.07 Å². The number of hydrogen-bond donors (Lipinski definition) is 1. The van der Waals surface area contributed by atoms with E-state index in [1.54, 1.807) is 11.1 Å². The van der Waals surface area contributed by atoms with Crippen LogP contribution < -0.4 is 15.0 Å². The Balaban J connectivity index is 1.87. The summed E-state index contributed by atoms with van der Waals surface area (Å²) < 4.78 is 48.5. The third-order valence-corrected chi connectivity index (χ3v) is 4.45. The topological polar surface area (TPSA) is 71.6 Å². The van der Waals surface area contributed by atoms with Crippen LogP contribution in [0.25, 0.3) is 0 Å². The van der Waals surface area contributed by atoms with Crippen molar-refractivity contribution in [3.05, 3.63) is 57.0 Å². The predicted molar refractivity (Wildman–Crippen MR) is 90.1 cm³/mol. The number of fused-ring (bicyclic) bond motifs is 1. The first-order valence-electron chi connectivity index (χ1n) is 8.08. The monoisotopic (exact) mass is 382 g/mol. The number of amides is 1. The summed E-state index contributed by atoms with van der Waals surface area (Å²) in [5.74, 6) is 0.471.